The number of benzene rings is 1. The van der Waals surface area contributed by atoms with Crippen LogP contribution in [0.25, 0.3) is 0 Å². The van der Waals surface area contributed by atoms with E-state index >= 15 is 0 Å². The molecule has 1 aromatic rings. The van der Waals surface area contributed by atoms with Crippen LogP contribution < -0.4 is 11.1 Å². The summed E-state index contributed by atoms with van der Waals surface area (Å²) in [5, 5.41) is 12.5. The summed E-state index contributed by atoms with van der Waals surface area (Å²) in [6.07, 6.45) is 2.88. The molecule has 5 heteroatoms. The standard InChI is InChI=1S/C11H14FIN2O/c12-7-4-10(9(14)5-8(7)13)15-11(6-16)2-1-3-11/h4-5,15-16H,1-3,6,14H2. The van der Waals surface area contributed by atoms with Crippen molar-refractivity contribution in [2.45, 2.75) is 24.8 Å². The lowest BCUT2D eigenvalue weighted by Gasteiger charge is -2.42. The van der Waals surface area contributed by atoms with Crippen molar-refractivity contribution in [2.75, 3.05) is 17.7 Å². The fourth-order valence-corrected chi connectivity index (χ4v) is 2.37. The van der Waals surface area contributed by atoms with Crippen molar-refractivity contribution in [2.24, 2.45) is 0 Å². The van der Waals surface area contributed by atoms with Crippen molar-refractivity contribution in [3.8, 4) is 0 Å². The quantitative estimate of drug-likeness (QED) is 0.587. The van der Waals surface area contributed by atoms with Crippen molar-refractivity contribution in [1.82, 2.24) is 0 Å². The Hall–Kier alpha value is -0.560. The van der Waals surface area contributed by atoms with Gasteiger partial charge in [-0.05, 0) is 47.9 Å². The summed E-state index contributed by atoms with van der Waals surface area (Å²) in [6, 6.07) is 2.99. The van der Waals surface area contributed by atoms with Gasteiger partial charge in [0, 0.05) is 6.07 Å². The molecule has 16 heavy (non-hydrogen) atoms. The summed E-state index contributed by atoms with van der Waals surface area (Å²) in [5.41, 5.74) is 6.61. The fraction of sp³-hybridized carbons (Fsp3) is 0.455. The number of nitrogen functional groups attached to an aromatic ring is 1. The Morgan fingerprint density at radius 2 is 2.19 bits per heavy atom. The number of nitrogens with two attached hydrogens (primary N) is 1. The van der Waals surface area contributed by atoms with Crippen molar-refractivity contribution in [3.63, 3.8) is 0 Å². The van der Waals surface area contributed by atoms with E-state index in [9.17, 15) is 9.50 Å². The van der Waals surface area contributed by atoms with E-state index in [1.165, 1.54) is 6.07 Å². The predicted molar refractivity (Wildman–Crippen MR) is 70.8 cm³/mol. The maximum absolute atomic E-state index is 13.4. The fourth-order valence-electron chi connectivity index (χ4n) is 1.88. The Bertz CT molecular complexity index is 402. The van der Waals surface area contributed by atoms with E-state index in [0.717, 1.165) is 19.3 Å². The van der Waals surface area contributed by atoms with Gasteiger partial charge in [-0.3, -0.25) is 0 Å². The van der Waals surface area contributed by atoms with Gasteiger partial charge in [0.05, 0.1) is 27.1 Å². The number of nitrogens with one attached hydrogen (secondary N) is 1. The number of hydrogen-bond acceptors (Lipinski definition) is 3. The van der Waals surface area contributed by atoms with Gasteiger partial charge in [0.2, 0.25) is 0 Å². The first-order valence-electron chi connectivity index (χ1n) is 5.20. The highest BCUT2D eigenvalue weighted by molar-refractivity contribution is 14.1. The van der Waals surface area contributed by atoms with E-state index in [1.807, 2.05) is 22.6 Å². The zero-order valence-corrected chi connectivity index (χ0v) is 10.9. The Morgan fingerprint density at radius 1 is 1.50 bits per heavy atom. The zero-order valence-electron chi connectivity index (χ0n) is 8.76. The van der Waals surface area contributed by atoms with Gasteiger partial charge in [-0.1, -0.05) is 0 Å². The maximum atomic E-state index is 13.4. The first-order valence-corrected chi connectivity index (χ1v) is 6.28. The smallest absolute Gasteiger partial charge is 0.138 e. The maximum Gasteiger partial charge on any atom is 0.138 e. The molecule has 0 heterocycles. The molecule has 1 aliphatic rings. The molecule has 0 radical (unpaired) electrons. The van der Waals surface area contributed by atoms with Gasteiger partial charge in [-0.2, -0.15) is 0 Å². The molecule has 0 saturated heterocycles. The summed E-state index contributed by atoms with van der Waals surface area (Å²) >= 11 is 1.90. The first kappa shape index (κ1) is 11.9. The Labute approximate surface area is 107 Å². The molecule has 0 unspecified atom stereocenters. The molecular weight excluding hydrogens is 322 g/mol. The molecule has 3 nitrogen and oxygen atoms in total. The van der Waals surface area contributed by atoms with E-state index in [-0.39, 0.29) is 18.0 Å². The minimum Gasteiger partial charge on any atom is -0.397 e. The van der Waals surface area contributed by atoms with Crippen LogP contribution in [-0.2, 0) is 0 Å². The van der Waals surface area contributed by atoms with Crippen LogP contribution in [0, 0.1) is 9.39 Å². The number of halogens is 2. The summed E-state index contributed by atoms with van der Waals surface area (Å²) in [7, 11) is 0. The average Bonchev–Trinajstić information content (AvgIpc) is 2.19. The van der Waals surface area contributed by atoms with Crippen LogP contribution in [0.4, 0.5) is 15.8 Å². The number of aliphatic hydroxyl groups is 1. The Morgan fingerprint density at radius 3 is 2.69 bits per heavy atom. The van der Waals surface area contributed by atoms with Gasteiger partial charge in [0.15, 0.2) is 0 Å². The normalized spacial score (nSPS) is 17.9. The van der Waals surface area contributed by atoms with Crippen LogP contribution in [0.5, 0.6) is 0 Å². The highest BCUT2D eigenvalue weighted by Gasteiger charge is 2.36. The van der Waals surface area contributed by atoms with Crippen LogP contribution in [-0.4, -0.2) is 17.3 Å². The summed E-state index contributed by atoms with van der Waals surface area (Å²) in [6.45, 7) is 0.0556. The SMILES string of the molecule is Nc1cc(I)c(F)cc1NC1(CO)CCC1. The number of anilines is 2. The summed E-state index contributed by atoms with van der Waals surface area (Å²) in [5.74, 6) is -0.287. The molecule has 1 saturated carbocycles. The number of hydrogen-bond donors (Lipinski definition) is 3. The largest absolute Gasteiger partial charge is 0.397 e. The van der Waals surface area contributed by atoms with Gasteiger partial charge in [0.1, 0.15) is 5.82 Å². The molecule has 1 aromatic carbocycles. The van der Waals surface area contributed by atoms with Crippen LogP contribution >= 0.6 is 22.6 Å². The van der Waals surface area contributed by atoms with Crippen LogP contribution in [0.2, 0.25) is 0 Å². The van der Waals surface area contributed by atoms with E-state index in [0.29, 0.717) is 14.9 Å². The lowest BCUT2D eigenvalue weighted by Crippen LogP contribution is -2.48. The number of rotatable bonds is 3. The van der Waals surface area contributed by atoms with Crippen molar-refractivity contribution in [1.29, 1.82) is 0 Å². The minimum absolute atomic E-state index is 0.0556. The molecule has 88 valence electrons. The second-order valence-electron chi connectivity index (χ2n) is 4.27. The molecule has 0 amide bonds. The predicted octanol–water partition coefficient (Wildman–Crippen LogP) is 2.34. The second kappa shape index (κ2) is 4.37. The van der Waals surface area contributed by atoms with E-state index in [2.05, 4.69) is 5.32 Å². The lowest BCUT2D eigenvalue weighted by atomic mass is 9.77. The third-order valence-corrected chi connectivity index (χ3v) is 3.93. The van der Waals surface area contributed by atoms with Crippen molar-refractivity contribution >= 4 is 34.0 Å². The van der Waals surface area contributed by atoms with Crippen LogP contribution in [0.3, 0.4) is 0 Å². The Balaban J connectivity index is 2.24. The van der Waals surface area contributed by atoms with Gasteiger partial charge in [-0.25, -0.2) is 4.39 Å². The van der Waals surface area contributed by atoms with E-state index in [4.69, 9.17) is 5.73 Å². The van der Waals surface area contributed by atoms with Gasteiger partial charge in [0.25, 0.3) is 0 Å². The van der Waals surface area contributed by atoms with Gasteiger partial charge < -0.3 is 16.2 Å². The zero-order chi connectivity index (χ0) is 11.8. The molecule has 2 rings (SSSR count). The molecule has 1 aliphatic carbocycles. The van der Waals surface area contributed by atoms with E-state index < -0.39 is 0 Å². The van der Waals surface area contributed by atoms with E-state index in [1.54, 1.807) is 6.07 Å². The molecule has 4 N–H and O–H groups in total. The third kappa shape index (κ3) is 2.10. The molecule has 0 atom stereocenters. The Kier molecular flexibility index (Phi) is 3.25. The molecule has 0 spiro atoms. The van der Waals surface area contributed by atoms with Gasteiger partial charge >= 0.3 is 0 Å². The highest BCUT2D eigenvalue weighted by atomic mass is 127. The van der Waals surface area contributed by atoms with Crippen LogP contribution in [0.1, 0.15) is 19.3 Å². The average molecular weight is 336 g/mol. The lowest BCUT2D eigenvalue weighted by molar-refractivity contribution is 0.144. The minimum atomic E-state index is -0.298. The first-order chi connectivity index (χ1) is 7.56. The molecular formula is C11H14FIN2O. The molecule has 0 aliphatic heterocycles. The molecule has 1 fully saturated rings. The summed E-state index contributed by atoms with van der Waals surface area (Å²) < 4.78 is 13.9. The highest BCUT2D eigenvalue weighted by Crippen LogP contribution is 2.37. The monoisotopic (exact) mass is 336 g/mol. The van der Waals surface area contributed by atoms with Crippen LogP contribution in [0.15, 0.2) is 12.1 Å². The van der Waals surface area contributed by atoms with Crippen molar-refractivity contribution < 1.29 is 9.50 Å². The topological polar surface area (TPSA) is 58.3 Å². The summed E-state index contributed by atoms with van der Waals surface area (Å²) in [4.78, 5) is 0. The molecule has 0 bridgehead atoms. The van der Waals surface area contributed by atoms with Gasteiger partial charge in [-0.15, -0.1) is 0 Å². The molecule has 0 aromatic heterocycles. The number of aliphatic hydroxyl groups excluding tert-OH is 1. The second-order valence-corrected chi connectivity index (χ2v) is 5.43. The third-order valence-electron chi connectivity index (χ3n) is 3.11. The van der Waals surface area contributed by atoms with Crippen molar-refractivity contribution in [3.05, 3.63) is 21.5 Å².